The van der Waals surface area contributed by atoms with E-state index in [0.29, 0.717) is 16.8 Å². The zero-order chi connectivity index (χ0) is 23.5. The highest BCUT2D eigenvalue weighted by atomic mass is 32.2. The first kappa shape index (κ1) is 23.2. The lowest BCUT2D eigenvalue weighted by molar-refractivity contribution is -0.125. The number of ether oxygens (including phenoxy) is 1. The summed E-state index contributed by atoms with van der Waals surface area (Å²) in [5.74, 6) is -1.29. The maximum atomic E-state index is 13.1. The number of hydrogen-bond donors (Lipinski definition) is 1. The van der Waals surface area contributed by atoms with Gasteiger partial charge in [0.05, 0.1) is 10.5 Å². The van der Waals surface area contributed by atoms with Crippen LogP contribution in [0.5, 0.6) is 0 Å². The third kappa shape index (κ3) is 5.62. The molecule has 1 unspecified atom stereocenters. The number of rotatable bonds is 6. The van der Waals surface area contributed by atoms with Crippen molar-refractivity contribution in [2.24, 2.45) is 0 Å². The predicted octanol–water partition coefficient (Wildman–Crippen LogP) is 4.55. The standard InChI is InChI=1S/C25H25NO5S/c1-16-12-17(2)14-20(13-16)26-24(27)23(19-8-6-5-7-9-19)31-25(28)22-15-21(32(4,29)30)11-10-18(22)3/h5-15,23H,1-4H3,(H,26,27). The number of carbonyl (C=O) groups is 2. The molecule has 3 aromatic carbocycles. The van der Waals surface area contributed by atoms with Crippen LogP contribution in [0.1, 0.15) is 38.7 Å². The molecule has 0 bridgehead atoms. The van der Waals surface area contributed by atoms with Gasteiger partial charge in [0, 0.05) is 17.5 Å². The molecule has 0 fully saturated rings. The van der Waals surface area contributed by atoms with Gasteiger partial charge in [0.25, 0.3) is 5.91 Å². The van der Waals surface area contributed by atoms with Gasteiger partial charge in [-0.05, 0) is 61.7 Å². The minimum absolute atomic E-state index is 0.00555. The van der Waals surface area contributed by atoms with Gasteiger partial charge >= 0.3 is 5.97 Å². The Kier molecular flexibility index (Phi) is 6.79. The fraction of sp³-hybridized carbons (Fsp3) is 0.200. The Balaban J connectivity index is 1.94. The van der Waals surface area contributed by atoms with Crippen LogP contribution in [0.25, 0.3) is 0 Å². The summed E-state index contributed by atoms with van der Waals surface area (Å²) in [5, 5.41) is 2.82. The van der Waals surface area contributed by atoms with E-state index in [-0.39, 0.29) is 10.5 Å². The number of hydrogen-bond acceptors (Lipinski definition) is 5. The van der Waals surface area contributed by atoms with Crippen LogP contribution in [0.15, 0.2) is 71.6 Å². The molecule has 6 nitrogen and oxygen atoms in total. The first-order valence-corrected chi connectivity index (χ1v) is 11.9. The molecule has 1 atom stereocenters. The monoisotopic (exact) mass is 451 g/mol. The summed E-state index contributed by atoms with van der Waals surface area (Å²) in [7, 11) is -3.51. The molecule has 0 aromatic heterocycles. The van der Waals surface area contributed by atoms with E-state index in [1.54, 1.807) is 43.3 Å². The number of aryl methyl sites for hydroxylation is 3. The van der Waals surface area contributed by atoms with Crippen LogP contribution in [-0.4, -0.2) is 26.6 Å². The molecular weight excluding hydrogens is 426 g/mol. The van der Waals surface area contributed by atoms with Gasteiger partial charge in [0.2, 0.25) is 6.10 Å². The maximum absolute atomic E-state index is 13.1. The van der Waals surface area contributed by atoms with Crippen LogP contribution in [0.2, 0.25) is 0 Å². The van der Waals surface area contributed by atoms with Gasteiger partial charge in [-0.3, -0.25) is 4.79 Å². The molecule has 0 spiro atoms. The second-order valence-corrected chi connectivity index (χ2v) is 9.83. The normalized spacial score (nSPS) is 12.1. The van der Waals surface area contributed by atoms with Crippen molar-refractivity contribution in [3.63, 3.8) is 0 Å². The van der Waals surface area contributed by atoms with Gasteiger partial charge in [-0.25, -0.2) is 13.2 Å². The van der Waals surface area contributed by atoms with Crippen LogP contribution in [0.3, 0.4) is 0 Å². The molecule has 0 radical (unpaired) electrons. The molecule has 0 saturated carbocycles. The second kappa shape index (κ2) is 9.36. The highest BCUT2D eigenvalue weighted by Gasteiger charge is 2.27. The molecule has 0 saturated heterocycles. The minimum atomic E-state index is -3.51. The molecule has 0 aliphatic rings. The summed E-state index contributed by atoms with van der Waals surface area (Å²) in [6.07, 6.45) is -0.151. The smallest absolute Gasteiger partial charge is 0.339 e. The SMILES string of the molecule is Cc1cc(C)cc(NC(=O)C(OC(=O)c2cc(S(C)(=O)=O)ccc2C)c2ccccc2)c1. The molecular formula is C25H25NO5S. The molecule has 3 rings (SSSR count). The number of amides is 1. The third-order valence-corrected chi connectivity index (χ3v) is 6.02. The summed E-state index contributed by atoms with van der Waals surface area (Å²) < 4.78 is 29.4. The fourth-order valence-corrected chi connectivity index (χ4v) is 4.02. The van der Waals surface area contributed by atoms with E-state index in [4.69, 9.17) is 4.74 Å². The van der Waals surface area contributed by atoms with Crippen LogP contribution in [0, 0.1) is 20.8 Å². The highest BCUT2D eigenvalue weighted by Crippen LogP contribution is 2.24. The number of esters is 1. The summed E-state index contributed by atoms with van der Waals surface area (Å²) in [4.78, 5) is 26.1. The first-order chi connectivity index (χ1) is 15.0. The van der Waals surface area contributed by atoms with E-state index in [0.717, 1.165) is 17.4 Å². The Labute approximate surface area is 188 Å². The second-order valence-electron chi connectivity index (χ2n) is 7.81. The number of anilines is 1. The number of nitrogens with one attached hydrogen (secondary N) is 1. The number of carbonyl (C=O) groups excluding carboxylic acids is 2. The van der Waals surface area contributed by atoms with Crippen molar-refractivity contribution in [2.75, 3.05) is 11.6 Å². The van der Waals surface area contributed by atoms with Gasteiger partial charge in [-0.1, -0.05) is 42.5 Å². The fourth-order valence-electron chi connectivity index (χ4n) is 3.38. The Bertz CT molecular complexity index is 1250. The molecule has 0 heterocycles. The van der Waals surface area contributed by atoms with Gasteiger partial charge in [0.15, 0.2) is 9.84 Å². The van der Waals surface area contributed by atoms with Crippen molar-refractivity contribution in [2.45, 2.75) is 31.8 Å². The van der Waals surface area contributed by atoms with Gasteiger partial charge < -0.3 is 10.1 Å². The maximum Gasteiger partial charge on any atom is 0.339 e. The average molecular weight is 452 g/mol. The van der Waals surface area contributed by atoms with Crippen molar-refractivity contribution in [1.29, 1.82) is 0 Å². The van der Waals surface area contributed by atoms with Crippen molar-refractivity contribution in [1.82, 2.24) is 0 Å². The molecule has 32 heavy (non-hydrogen) atoms. The van der Waals surface area contributed by atoms with Crippen LogP contribution in [0.4, 0.5) is 5.69 Å². The molecule has 166 valence electrons. The molecule has 1 N–H and O–H groups in total. The minimum Gasteiger partial charge on any atom is -0.444 e. The highest BCUT2D eigenvalue weighted by molar-refractivity contribution is 7.90. The van der Waals surface area contributed by atoms with E-state index in [1.807, 2.05) is 32.0 Å². The number of sulfone groups is 1. The van der Waals surface area contributed by atoms with E-state index in [2.05, 4.69) is 5.32 Å². The topological polar surface area (TPSA) is 89.5 Å². The van der Waals surface area contributed by atoms with Crippen molar-refractivity contribution >= 4 is 27.4 Å². The van der Waals surface area contributed by atoms with Crippen LogP contribution >= 0.6 is 0 Å². The first-order valence-electron chi connectivity index (χ1n) is 10.0. The molecule has 0 aliphatic carbocycles. The summed E-state index contributed by atoms with van der Waals surface area (Å²) >= 11 is 0. The van der Waals surface area contributed by atoms with E-state index >= 15 is 0 Å². The predicted molar refractivity (Wildman–Crippen MR) is 123 cm³/mol. The van der Waals surface area contributed by atoms with E-state index < -0.39 is 27.8 Å². The number of benzene rings is 3. The van der Waals surface area contributed by atoms with Gasteiger partial charge in [0.1, 0.15) is 0 Å². The van der Waals surface area contributed by atoms with Crippen molar-refractivity contribution < 1.29 is 22.7 Å². The quantitative estimate of drug-likeness (QED) is 0.555. The summed E-state index contributed by atoms with van der Waals surface area (Å²) in [5.41, 5.74) is 3.71. The molecule has 3 aromatic rings. The molecule has 1 amide bonds. The van der Waals surface area contributed by atoms with Crippen LogP contribution < -0.4 is 5.32 Å². The Morgan fingerprint density at radius 2 is 1.50 bits per heavy atom. The largest absolute Gasteiger partial charge is 0.444 e. The van der Waals surface area contributed by atoms with Crippen molar-refractivity contribution in [3.8, 4) is 0 Å². The lowest BCUT2D eigenvalue weighted by atomic mass is 10.1. The van der Waals surface area contributed by atoms with Crippen LogP contribution in [-0.2, 0) is 19.4 Å². The van der Waals surface area contributed by atoms with E-state index in [1.165, 1.54) is 12.1 Å². The van der Waals surface area contributed by atoms with Gasteiger partial charge in [-0.15, -0.1) is 0 Å². The van der Waals surface area contributed by atoms with E-state index in [9.17, 15) is 18.0 Å². The van der Waals surface area contributed by atoms with Crippen molar-refractivity contribution in [3.05, 3.63) is 94.5 Å². The summed E-state index contributed by atoms with van der Waals surface area (Å²) in [6.45, 7) is 5.53. The molecule has 0 aliphatic heterocycles. The average Bonchev–Trinajstić information content (AvgIpc) is 2.71. The Hall–Kier alpha value is -3.45. The third-order valence-electron chi connectivity index (χ3n) is 4.91. The summed E-state index contributed by atoms with van der Waals surface area (Å²) in [6, 6.07) is 18.6. The lowest BCUT2D eigenvalue weighted by Gasteiger charge is -2.19. The Morgan fingerprint density at radius 3 is 2.09 bits per heavy atom. The Morgan fingerprint density at radius 1 is 0.875 bits per heavy atom. The zero-order valence-corrected chi connectivity index (χ0v) is 19.2. The van der Waals surface area contributed by atoms with Gasteiger partial charge in [-0.2, -0.15) is 0 Å². The molecule has 7 heteroatoms. The zero-order valence-electron chi connectivity index (χ0n) is 18.4. The lowest BCUT2D eigenvalue weighted by Crippen LogP contribution is -2.26.